The maximum absolute atomic E-state index is 13.6. The van der Waals surface area contributed by atoms with Crippen molar-refractivity contribution in [3.05, 3.63) is 101 Å². The number of anilines is 1. The minimum absolute atomic E-state index is 0.0712. The summed E-state index contributed by atoms with van der Waals surface area (Å²) >= 11 is 0. The highest BCUT2D eigenvalue weighted by Crippen LogP contribution is 2.23. The van der Waals surface area contributed by atoms with E-state index in [4.69, 9.17) is 0 Å². The summed E-state index contributed by atoms with van der Waals surface area (Å²) in [5.74, 6) is -1.07. The Balaban J connectivity index is 1.50. The van der Waals surface area contributed by atoms with Crippen LogP contribution in [0.2, 0.25) is 0 Å². The van der Waals surface area contributed by atoms with E-state index >= 15 is 0 Å². The monoisotopic (exact) mass is 572 g/mol. The third-order valence-corrected chi connectivity index (χ3v) is 7.67. The van der Waals surface area contributed by atoms with Crippen molar-refractivity contribution in [2.24, 2.45) is 5.92 Å². The molecule has 222 valence electrons. The van der Waals surface area contributed by atoms with Crippen molar-refractivity contribution in [3.63, 3.8) is 0 Å². The Morgan fingerprint density at radius 2 is 1.62 bits per heavy atom. The lowest BCUT2D eigenvalue weighted by molar-refractivity contribution is -0.121. The molecule has 4 rings (SSSR count). The van der Waals surface area contributed by atoms with Gasteiger partial charge in [-0.25, -0.2) is 4.39 Å². The van der Waals surface area contributed by atoms with Gasteiger partial charge in [0.05, 0.1) is 0 Å². The second-order valence-electron chi connectivity index (χ2n) is 10.9. The molecule has 3 amide bonds. The fourth-order valence-corrected chi connectivity index (χ4v) is 5.52. The minimum atomic E-state index is -0.358. The average molecular weight is 573 g/mol. The molecule has 42 heavy (non-hydrogen) atoms. The van der Waals surface area contributed by atoms with Crippen LogP contribution in [0.5, 0.6) is 0 Å². The Morgan fingerprint density at radius 1 is 0.929 bits per heavy atom. The predicted molar refractivity (Wildman–Crippen MR) is 164 cm³/mol. The molecule has 1 fully saturated rings. The molecule has 3 aromatic rings. The lowest BCUT2D eigenvalue weighted by Gasteiger charge is -2.35. The van der Waals surface area contributed by atoms with E-state index in [-0.39, 0.29) is 41.5 Å². The normalized spacial score (nSPS) is 17.2. The molecule has 3 aromatic carbocycles. The van der Waals surface area contributed by atoms with E-state index in [1.54, 1.807) is 36.4 Å². The third-order valence-electron chi connectivity index (χ3n) is 7.67. The standard InChI is InChI=1S/C34H41FN4O3/c1-3-19-39(20-4-2)34(42)27-12-8-11-25(22-27)33(41)38-31(21-24-9-6-5-7-10-24)30-23-26(17-18-36-30)32(40)37-29-15-13-28(35)14-16-29/h5-16,22,26,30-31,36H,3-4,17-21,23H2,1-2H3,(H,37,40)(H,38,41)/t26-,30+,31+/m1/s1. The van der Waals surface area contributed by atoms with Crippen LogP contribution in [-0.4, -0.2) is 54.3 Å². The summed E-state index contributed by atoms with van der Waals surface area (Å²) in [6.07, 6.45) is 3.50. The van der Waals surface area contributed by atoms with Gasteiger partial charge >= 0.3 is 0 Å². The zero-order valence-electron chi connectivity index (χ0n) is 24.4. The van der Waals surface area contributed by atoms with Crippen molar-refractivity contribution >= 4 is 23.4 Å². The van der Waals surface area contributed by atoms with Gasteiger partial charge in [0, 0.05) is 47.9 Å². The summed E-state index contributed by atoms with van der Waals surface area (Å²) in [6, 6.07) is 22.1. The molecule has 0 unspecified atom stereocenters. The summed E-state index contributed by atoms with van der Waals surface area (Å²) < 4.78 is 13.3. The summed E-state index contributed by atoms with van der Waals surface area (Å²) in [6.45, 7) is 6.06. The molecule has 1 saturated heterocycles. The number of nitrogens with one attached hydrogen (secondary N) is 3. The number of rotatable bonds is 12. The van der Waals surface area contributed by atoms with Crippen molar-refractivity contribution in [1.29, 1.82) is 0 Å². The summed E-state index contributed by atoms with van der Waals surface area (Å²) in [4.78, 5) is 41.7. The van der Waals surface area contributed by atoms with Gasteiger partial charge in [-0.15, -0.1) is 0 Å². The van der Waals surface area contributed by atoms with E-state index in [1.807, 2.05) is 49.1 Å². The van der Waals surface area contributed by atoms with Crippen LogP contribution in [-0.2, 0) is 11.2 Å². The van der Waals surface area contributed by atoms with Gasteiger partial charge < -0.3 is 20.9 Å². The number of hydrogen-bond donors (Lipinski definition) is 3. The Bertz CT molecular complexity index is 1330. The van der Waals surface area contributed by atoms with Crippen LogP contribution in [0.1, 0.15) is 65.8 Å². The largest absolute Gasteiger partial charge is 0.347 e. The van der Waals surface area contributed by atoms with E-state index in [9.17, 15) is 18.8 Å². The van der Waals surface area contributed by atoms with Crippen LogP contribution in [0, 0.1) is 11.7 Å². The number of piperidine rings is 1. The second-order valence-corrected chi connectivity index (χ2v) is 10.9. The zero-order chi connectivity index (χ0) is 29.9. The van der Waals surface area contributed by atoms with E-state index in [2.05, 4.69) is 16.0 Å². The summed E-state index contributed by atoms with van der Waals surface area (Å²) in [5.41, 5.74) is 2.54. The fraction of sp³-hybridized carbons (Fsp3) is 0.382. The van der Waals surface area contributed by atoms with Crippen molar-refractivity contribution in [2.75, 3.05) is 25.0 Å². The van der Waals surface area contributed by atoms with Crippen molar-refractivity contribution < 1.29 is 18.8 Å². The molecule has 1 heterocycles. The van der Waals surface area contributed by atoms with Crippen LogP contribution >= 0.6 is 0 Å². The molecule has 3 atom stereocenters. The van der Waals surface area contributed by atoms with Gasteiger partial charge in [0.2, 0.25) is 5.91 Å². The molecule has 0 aliphatic carbocycles. The molecule has 8 heteroatoms. The van der Waals surface area contributed by atoms with Gasteiger partial charge in [0.25, 0.3) is 11.8 Å². The Hall–Kier alpha value is -4.04. The highest BCUT2D eigenvalue weighted by Gasteiger charge is 2.33. The maximum Gasteiger partial charge on any atom is 0.253 e. The number of carbonyl (C=O) groups excluding carboxylic acids is 3. The number of hydrogen-bond acceptors (Lipinski definition) is 4. The smallest absolute Gasteiger partial charge is 0.253 e. The molecule has 3 N–H and O–H groups in total. The number of amides is 3. The molecular weight excluding hydrogens is 531 g/mol. The van der Waals surface area contributed by atoms with E-state index in [0.29, 0.717) is 55.7 Å². The third kappa shape index (κ3) is 8.49. The molecule has 0 radical (unpaired) electrons. The summed E-state index contributed by atoms with van der Waals surface area (Å²) in [5, 5.41) is 9.63. The lowest BCUT2D eigenvalue weighted by Crippen LogP contribution is -2.55. The quantitative estimate of drug-likeness (QED) is 0.270. The number of nitrogens with zero attached hydrogens (tertiary/aromatic N) is 1. The van der Waals surface area contributed by atoms with Gasteiger partial charge in [0.15, 0.2) is 0 Å². The molecule has 0 bridgehead atoms. The Morgan fingerprint density at radius 3 is 2.31 bits per heavy atom. The van der Waals surface area contributed by atoms with Gasteiger partial charge in [0.1, 0.15) is 5.82 Å². The van der Waals surface area contributed by atoms with E-state index in [1.165, 1.54) is 12.1 Å². The topological polar surface area (TPSA) is 90.5 Å². The van der Waals surface area contributed by atoms with Crippen LogP contribution < -0.4 is 16.0 Å². The number of halogens is 1. The molecule has 0 spiro atoms. The van der Waals surface area contributed by atoms with Crippen molar-refractivity contribution in [2.45, 2.75) is 58.0 Å². The highest BCUT2D eigenvalue weighted by atomic mass is 19.1. The molecule has 0 aromatic heterocycles. The van der Waals surface area contributed by atoms with Crippen LogP contribution in [0.15, 0.2) is 78.9 Å². The minimum Gasteiger partial charge on any atom is -0.347 e. The van der Waals surface area contributed by atoms with Crippen molar-refractivity contribution in [3.8, 4) is 0 Å². The van der Waals surface area contributed by atoms with Crippen LogP contribution in [0.3, 0.4) is 0 Å². The van der Waals surface area contributed by atoms with Crippen LogP contribution in [0.4, 0.5) is 10.1 Å². The Kier molecular flexibility index (Phi) is 11.2. The first-order valence-corrected chi connectivity index (χ1v) is 14.9. The summed E-state index contributed by atoms with van der Waals surface area (Å²) in [7, 11) is 0. The molecule has 0 saturated carbocycles. The molecule has 7 nitrogen and oxygen atoms in total. The number of carbonyl (C=O) groups is 3. The van der Waals surface area contributed by atoms with Gasteiger partial charge in [-0.1, -0.05) is 50.2 Å². The predicted octanol–water partition coefficient (Wildman–Crippen LogP) is 5.44. The zero-order valence-corrected chi connectivity index (χ0v) is 24.4. The SMILES string of the molecule is CCCN(CCC)C(=O)c1cccc(C(=O)N[C@@H](Cc2ccccc2)[C@@H]2C[C@H](C(=O)Nc3ccc(F)cc3)CCN2)c1. The molecule has 1 aliphatic heterocycles. The first-order valence-electron chi connectivity index (χ1n) is 14.9. The molecular formula is C34H41FN4O3. The highest BCUT2D eigenvalue weighted by molar-refractivity contribution is 6.00. The first kappa shape index (κ1) is 30.9. The van der Waals surface area contributed by atoms with Crippen LogP contribution in [0.25, 0.3) is 0 Å². The van der Waals surface area contributed by atoms with E-state index in [0.717, 1.165) is 18.4 Å². The number of benzene rings is 3. The fourth-order valence-electron chi connectivity index (χ4n) is 5.52. The van der Waals surface area contributed by atoms with Crippen molar-refractivity contribution in [1.82, 2.24) is 15.5 Å². The van der Waals surface area contributed by atoms with Gasteiger partial charge in [-0.3, -0.25) is 14.4 Å². The first-order chi connectivity index (χ1) is 20.4. The van der Waals surface area contributed by atoms with Gasteiger partial charge in [-0.05, 0) is 86.7 Å². The lowest BCUT2D eigenvalue weighted by atomic mass is 9.85. The molecule has 1 aliphatic rings. The second kappa shape index (κ2) is 15.3. The maximum atomic E-state index is 13.6. The average Bonchev–Trinajstić information content (AvgIpc) is 3.02. The van der Waals surface area contributed by atoms with Gasteiger partial charge in [-0.2, -0.15) is 0 Å². The van der Waals surface area contributed by atoms with E-state index < -0.39 is 0 Å². The Labute approximate surface area is 247 Å².